The van der Waals surface area contributed by atoms with Gasteiger partial charge in [-0.2, -0.15) is 0 Å². The molecule has 0 bridgehead atoms. The van der Waals surface area contributed by atoms with Crippen molar-refractivity contribution in [3.8, 4) is 5.75 Å². The third-order valence-corrected chi connectivity index (χ3v) is 4.66. The molecule has 18 heavy (non-hydrogen) atoms. The highest BCUT2D eigenvalue weighted by atomic mass is 32.2. The van der Waals surface area contributed by atoms with E-state index in [9.17, 15) is 9.90 Å². The quantitative estimate of drug-likeness (QED) is 0.900. The molecule has 1 aliphatic carbocycles. The van der Waals surface area contributed by atoms with E-state index < -0.39 is 5.97 Å². The zero-order valence-electron chi connectivity index (χ0n) is 10.5. The molecule has 0 spiro atoms. The van der Waals surface area contributed by atoms with E-state index in [1.54, 1.807) is 31.0 Å². The molecular weight excluding hydrogens is 248 g/mol. The first-order chi connectivity index (χ1) is 8.70. The van der Waals surface area contributed by atoms with E-state index >= 15 is 0 Å². The number of ether oxygens (including phenoxy) is 1. The van der Waals surface area contributed by atoms with Crippen LogP contribution in [0.3, 0.4) is 0 Å². The number of rotatable bonds is 4. The molecule has 1 aliphatic rings. The van der Waals surface area contributed by atoms with Gasteiger partial charge in [0.05, 0.1) is 12.7 Å². The summed E-state index contributed by atoms with van der Waals surface area (Å²) in [6.45, 7) is 0. The lowest BCUT2D eigenvalue weighted by Gasteiger charge is -2.21. The Balaban J connectivity index is 2.19. The zero-order valence-corrected chi connectivity index (χ0v) is 11.3. The molecule has 0 aromatic heterocycles. The van der Waals surface area contributed by atoms with Crippen LogP contribution in [0.15, 0.2) is 23.1 Å². The molecule has 0 atom stereocenters. The van der Waals surface area contributed by atoms with Crippen molar-refractivity contribution >= 4 is 17.7 Å². The van der Waals surface area contributed by atoms with Crippen LogP contribution >= 0.6 is 11.8 Å². The normalized spacial score (nSPS) is 16.5. The summed E-state index contributed by atoms with van der Waals surface area (Å²) in [6, 6.07) is 5.17. The maximum atomic E-state index is 11.2. The van der Waals surface area contributed by atoms with Gasteiger partial charge in [-0.05, 0) is 31.0 Å². The second kappa shape index (κ2) is 6.14. The Kier molecular flexibility index (Phi) is 4.53. The second-order valence-corrected chi connectivity index (χ2v) is 5.89. The number of carboxylic acid groups (broad SMARTS) is 1. The van der Waals surface area contributed by atoms with Crippen LogP contribution in [0.5, 0.6) is 5.75 Å². The average Bonchev–Trinajstić information content (AvgIpc) is 2.39. The van der Waals surface area contributed by atoms with Gasteiger partial charge in [-0.15, -0.1) is 11.8 Å². The van der Waals surface area contributed by atoms with Crippen LogP contribution in [0, 0.1) is 0 Å². The maximum Gasteiger partial charge on any atom is 0.336 e. The largest absolute Gasteiger partial charge is 0.497 e. The van der Waals surface area contributed by atoms with Gasteiger partial charge in [0.1, 0.15) is 5.75 Å². The predicted octanol–water partition coefficient (Wildman–Crippen LogP) is 3.82. The summed E-state index contributed by atoms with van der Waals surface area (Å²) >= 11 is 1.69. The molecular formula is C14H18O3S. The van der Waals surface area contributed by atoms with Crippen LogP contribution < -0.4 is 4.74 Å². The van der Waals surface area contributed by atoms with Crippen molar-refractivity contribution in [3.63, 3.8) is 0 Å². The Morgan fingerprint density at radius 1 is 1.33 bits per heavy atom. The minimum absolute atomic E-state index is 0.381. The predicted molar refractivity (Wildman–Crippen MR) is 72.7 cm³/mol. The van der Waals surface area contributed by atoms with Crippen molar-refractivity contribution in [3.05, 3.63) is 23.8 Å². The molecule has 0 radical (unpaired) electrons. The molecule has 98 valence electrons. The smallest absolute Gasteiger partial charge is 0.336 e. The van der Waals surface area contributed by atoms with E-state index in [-0.39, 0.29) is 0 Å². The summed E-state index contributed by atoms with van der Waals surface area (Å²) in [5.41, 5.74) is 0.381. The van der Waals surface area contributed by atoms with Crippen molar-refractivity contribution in [2.45, 2.75) is 42.2 Å². The topological polar surface area (TPSA) is 46.5 Å². The highest BCUT2D eigenvalue weighted by Crippen LogP contribution is 2.36. The van der Waals surface area contributed by atoms with E-state index in [4.69, 9.17) is 4.74 Å². The SMILES string of the molecule is COc1ccc(C(=O)O)c(SC2CCCCC2)c1. The number of methoxy groups -OCH3 is 1. The summed E-state index contributed by atoms with van der Waals surface area (Å²) in [4.78, 5) is 12.0. The van der Waals surface area contributed by atoms with Gasteiger partial charge < -0.3 is 9.84 Å². The van der Waals surface area contributed by atoms with Crippen molar-refractivity contribution < 1.29 is 14.6 Å². The van der Waals surface area contributed by atoms with E-state index in [1.807, 2.05) is 6.07 Å². The molecule has 0 aliphatic heterocycles. The van der Waals surface area contributed by atoms with E-state index in [0.717, 1.165) is 10.6 Å². The summed E-state index contributed by atoms with van der Waals surface area (Å²) < 4.78 is 5.17. The van der Waals surface area contributed by atoms with E-state index in [2.05, 4.69) is 0 Å². The second-order valence-electron chi connectivity index (χ2n) is 4.55. The molecule has 0 unspecified atom stereocenters. The van der Waals surface area contributed by atoms with Gasteiger partial charge in [-0.1, -0.05) is 19.3 Å². The molecule has 1 saturated carbocycles. The fourth-order valence-electron chi connectivity index (χ4n) is 2.27. The van der Waals surface area contributed by atoms with Crippen molar-refractivity contribution in [1.82, 2.24) is 0 Å². The van der Waals surface area contributed by atoms with Crippen LogP contribution in [-0.4, -0.2) is 23.4 Å². The number of benzene rings is 1. The number of hydrogen-bond acceptors (Lipinski definition) is 3. The summed E-state index contributed by atoms with van der Waals surface area (Å²) in [6.07, 6.45) is 6.18. The van der Waals surface area contributed by atoms with Gasteiger partial charge in [0.2, 0.25) is 0 Å². The minimum Gasteiger partial charge on any atom is -0.497 e. The Morgan fingerprint density at radius 2 is 2.06 bits per heavy atom. The zero-order chi connectivity index (χ0) is 13.0. The number of thioether (sulfide) groups is 1. The van der Waals surface area contributed by atoms with Gasteiger partial charge in [-0.25, -0.2) is 4.79 Å². The highest BCUT2D eigenvalue weighted by Gasteiger charge is 2.19. The lowest BCUT2D eigenvalue weighted by Crippen LogP contribution is -2.09. The lowest BCUT2D eigenvalue weighted by atomic mass is 10.0. The summed E-state index contributed by atoms with van der Waals surface area (Å²) in [5, 5.41) is 9.75. The molecule has 1 aromatic rings. The van der Waals surface area contributed by atoms with Crippen molar-refractivity contribution in [1.29, 1.82) is 0 Å². The molecule has 0 saturated heterocycles. The van der Waals surface area contributed by atoms with Crippen LogP contribution in [0.1, 0.15) is 42.5 Å². The summed E-state index contributed by atoms with van der Waals surface area (Å²) in [5.74, 6) is -0.144. The fraction of sp³-hybridized carbons (Fsp3) is 0.500. The van der Waals surface area contributed by atoms with Gasteiger partial charge >= 0.3 is 5.97 Å². The third-order valence-electron chi connectivity index (χ3n) is 3.27. The minimum atomic E-state index is -0.865. The first-order valence-electron chi connectivity index (χ1n) is 6.28. The van der Waals surface area contributed by atoms with E-state index in [0.29, 0.717) is 10.8 Å². The van der Waals surface area contributed by atoms with Crippen LogP contribution in [0.2, 0.25) is 0 Å². The molecule has 3 nitrogen and oxygen atoms in total. The third kappa shape index (κ3) is 3.19. The monoisotopic (exact) mass is 266 g/mol. The Hall–Kier alpha value is -1.16. The van der Waals surface area contributed by atoms with Crippen LogP contribution in [-0.2, 0) is 0 Å². The molecule has 1 N–H and O–H groups in total. The Bertz CT molecular complexity index is 425. The number of aromatic carboxylic acids is 1. The molecule has 1 aromatic carbocycles. The maximum absolute atomic E-state index is 11.2. The fourth-order valence-corrected chi connectivity index (χ4v) is 3.66. The van der Waals surface area contributed by atoms with Crippen LogP contribution in [0.25, 0.3) is 0 Å². The number of hydrogen-bond donors (Lipinski definition) is 1. The molecule has 4 heteroatoms. The molecule has 2 rings (SSSR count). The highest BCUT2D eigenvalue weighted by molar-refractivity contribution is 8.00. The van der Waals surface area contributed by atoms with Crippen molar-refractivity contribution in [2.24, 2.45) is 0 Å². The first-order valence-corrected chi connectivity index (χ1v) is 7.16. The Labute approximate surface area is 112 Å². The van der Waals surface area contributed by atoms with Gasteiger partial charge in [-0.3, -0.25) is 0 Å². The average molecular weight is 266 g/mol. The van der Waals surface area contributed by atoms with Gasteiger partial charge in [0.15, 0.2) is 0 Å². The summed E-state index contributed by atoms with van der Waals surface area (Å²) in [7, 11) is 1.60. The Morgan fingerprint density at radius 3 is 2.67 bits per heavy atom. The van der Waals surface area contributed by atoms with Crippen molar-refractivity contribution in [2.75, 3.05) is 7.11 Å². The first kappa shape index (κ1) is 13.3. The number of carbonyl (C=O) groups is 1. The lowest BCUT2D eigenvalue weighted by molar-refractivity contribution is 0.0693. The molecule has 1 fully saturated rings. The molecule has 0 amide bonds. The van der Waals surface area contributed by atoms with Gasteiger partial charge in [0, 0.05) is 10.1 Å². The number of carboxylic acids is 1. The standard InChI is InChI=1S/C14H18O3S/c1-17-10-7-8-12(14(15)16)13(9-10)18-11-5-3-2-4-6-11/h7-9,11H,2-6H2,1H3,(H,15,16). The van der Waals surface area contributed by atoms with E-state index in [1.165, 1.54) is 32.1 Å². The van der Waals surface area contributed by atoms with Crippen LogP contribution in [0.4, 0.5) is 0 Å². The molecule has 0 heterocycles. The van der Waals surface area contributed by atoms with Gasteiger partial charge in [0.25, 0.3) is 0 Å².